The number of hydrogen-bond acceptors (Lipinski definition) is 3. The number of methoxy groups -OCH3 is 1. The Labute approximate surface area is 127 Å². The lowest BCUT2D eigenvalue weighted by atomic mass is 9.99. The fourth-order valence-electron chi connectivity index (χ4n) is 2.82. The van der Waals surface area contributed by atoms with Crippen molar-refractivity contribution in [2.75, 3.05) is 33.3 Å². The number of nitrogens with one attached hydrogen (secondary N) is 1. The Morgan fingerprint density at radius 2 is 2.10 bits per heavy atom. The lowest BCUT2D eigenvalue weighted by molar-refractivity contribution is 0.191. The van der Waals surface area contributed by atoms with E-state index >= 15 is 0 Å². The van der Waals surface area contributed by atoms with Gasteiger partial charge in [-0.3, -0.25) is 0 Å². The number of likely N-dealkylation sites (tertiary alicyclic amines) is 1. The monoisotopic (exact) mass is 294 g/mol. The molecular formula is C17H27FN2O. The Kier molecular flexibility index (Phi) is 6.00. The third-order valence-electron chi connectivity index (χ3n) is 4.43. The van der Waals surface area contributed by atoms with Crippen LogP contribution in [0.3, 0.4) is 0 Å². The summed E-state index contributed by atoms with van der Waals surface area (Å²) in [6.45, 7) is 8.63. The minimum absolute atomic E-state index is 0.0135. The molecule has 0 radical (unpaired) electrons. The van der Waals surface area contributed by atoms with E-state index in [0.29, 0.717) is 11.3 Å². The number of ether oxygens (including phenoxy) is 1. The second kappa shape index (κ2) is 7.76. The van der Waals surface area contributed by atoms with Gasteiger partial charge in [-0.15, -0.1) is 0 Å². The average Bonchev–Trinajstić information content (AvgIpc) is 2.49. The number of hydrogen-bond donors (Lipinski definition) is 1. The van der Waals surface area contributed by atoms with Crippen molar-refractivity contribution in [3.8, 4) is 5.75 Å². The molecule has 1 fully saturated rings. The third kappa shape index (κ3) is 4.68. The van der Waals surface area contributed by atoms with Crippen LogP contribution in [0, 0.1) is 11.7 Å². The molecular weight excluding hydrogens is 267 g/mol. The predicted octanol–water partition coefficient (Wildman–Crippen LogP) is 3.22. The van der Waals surface area contributed by atoms with Crippen molar-refractivity contribution in [1.82, 2.24) is 10.2 Å². The molecule has 21 heavy (non-hydrogen) atoms. The van der Waals surface area contributed by atoms with Crippen molar-refractivity contribution in [2.45, 2.75) is 32.7 Å². The summed E-state index contributed by atoms with van der Waals surface area (Å²) < 4.78 is 19.0. The van der Waals surface area contributed by atoms with Crippen LogP contribution in [0.1, 0.15) is 38.3 Å². The first kappa shape index (κ1) is 16.2. The van der Waals surface area contributed by atoms with Crippen LogP contribution in [0.2, 0.25) is 0 Å². The average molecular weight is 294 g/mol. The van der Waals surface area contributed by atoms with Gasteiger partial charge in [-0.25, -0.2) is 4.39 Å². The molecule has 1 aliphatic rings. The van der Waals surface area contributed by atoms with E-state index in [4.69, 9.17) is 4.74 Å². The lowest BCUT2D eigenvalue weighted by Gasteiger charge is -2.30. The number of piperidine rings is 1. The maximum Gasteiger partial charge on any atom is 0.131 e. The standard InChI is InChI=1S/C17H27FN2O/c1-13-6-9-20(10-7-13)11-8-19-14(2)16-5-4-15(21-3)12-17(16)18/h4-5,12-14,19H,6-11H2,1-3H3. The van der Waals surface area contributed by atoms with Gasteiger partial charge in [-0.1, -0.05) is 13.0 Å². The molecule has 2 rings (SSSR count). The zero-order valence-electron chi connectivity index (χ0n) is 13.4. The van der Waals surface area contributed by atoms with Crippen molar-refractivity contribution in [1.29, 1.82) is 0 Å². The molecule has 4 heteroatoms. The largest absolute Gasteiger partial charge is 0.497 e. The first-order valence-electron chi connectivity index (χ1n) is 7.89. The maximum atomic E-state index is 14.0. The van der Waals surface area contributed by atoms with Crippen LogP contribution in [0.15, 0.2) is 18.2 Å². The molecule has 1 aromatic carbocycles. The second-order valence-corrected chi connectivity index (χ2v) is 6.09. The summed E-state index contributed by atoms with van der Waals surface area (Å²) in [5.74, 6) is 1.22. The van der Waals surface area contributed by atoms with E-state index in [1.165, 1.54) is 32.0 Å². The molecule has 1 atom stereocenters. The second-order valence-electron chi connectivity index (χ2n) is 6.09. The molecule has 0 spiro atoms. The first-order chi connectivity index (χ1) is 10.1. The smallest absolute Gasteiger partial charge is 0.131 e. The number of benzene rings is 1. The van der Waals surface area contributed by atoms with Crippen LogP contribution in [0.4, 0.5) is 4.39 Å². The fraction of sp³-hybridized carbons (Fsp3) is 0.647. The lowest BCUT2D eigenvalue weighted by Crippen LogP contribution is -2.38. The fourth-order valence-corrected chi connectivity index (χ4v) is 2.82. The van der Waals surface area contributed by atoms with Gasteiger partial charge in [0.1, 0.15) is 11.6 Å². The Bertz CT molecular complexity index is 444. The van der Waals surface area contributed by atoms with E-state index in [2.05, 4.69) is 17.1 Å². The van der Waals surface area contributed by atoms with E-state index in [1.807, 2.05) is 13.0 Å². The number of rotatable bonds is 6. The van der Waals surface area contributed by atoms with Crippen LogP contribution < -0.4 is 10.1 Å². The van der Waals surface area contributed by atoms with Crippen LogP contribution in [-0.4, -0.2) is 38.2 Å². The minimum Gasteiger partial charge on any atom is -0.497 e. The van der Waals surface area contributed by atoms with Gasteiger partial charge < -0.3 is 15.0 Å². The predicted molar refractivity (Wildman–Crippen MR) is 84.2 cm³/mol. The van der Waals surface area contributed by atoms with E-state index in [9.17, 15) is 4.39 Å². The topological polar surface area (TPSA) is 24.5 Å². The normalized spacial score (nSPS) is 18.7. The molecule has 0 bridgehead atoms. The molecule has 0 amide bonds. The molecule has 118 valence electrons. The Morgan fingerprint density at radius 3 is 2.71 bits per heavy atom. The van der Waals surface area contributed by atoms with Gasteiger partial charge in [0.25, 0.3) is 0 Å². The van der Waals surface area contributed by atoms with E-state index in [1.54, 1.807) is 13.2 Å². The van der Waals surface area contributed by atoms with Gasteiger partial charge in [0, 0.05) is 30.8 Å². The molecule has 1 unspecified atom stereocenters. The Balaban J connectivity index is 1.78. The van der Waals surface area contributed by atoms with Crippen LogP contribution in [-0.2, 0) is 0 Å². The molecule has 1 N–H and O–H groups in total. The first-order valence-corrected chi connectivity index (χ1v) is 7.89. The molecule has 1 heterocycles. The molecule has 3 nitrogen and oxygen atoms in total. The minimum atomic E-state index is -0.207. The van der Waals surface area contributed by atoms with Crippen LogP contribution in [0.25, 0.3) is 0 Å². The highest BCUT2D eigenvalue weighted by Crippen LogP contribution is 2.21. The quantitative estimate of drug-likeness (QED) is 0.872. The zero-order valence-corrected chi connectivity index (χ0v) is 13.4. The van der Waals surface area contributed by atoms with Gasteiger partial charge in [0.05, 0.1) is 7.11 Å². The van der Waals surface area contributed by atoms with Gasteiger partial charge in [0.15, 0.2) is 0 Å². The molecule has 1 saturated heterocycles. The highest BCUT2D eigenvalue weighted by atomic mass is 19.1. The summed E-state index contributed by atoms with van der Waals surface area (Å²) in [6.07, 6.45) is 2.59. The van der Waals surface area contributed by atoms with Crippen molar-refractivity contribution in [2.24, 2.45) is 5.92 Å². The molecule has 0 aromatic heterocycles. The highest BCUT2D eigenvalue weighted by Gasteiger charge is 2.16. The van der Waals surface area contributed by atoms with Crippen molar-refractivity contribution >= 4 is 0 Å². The summed E-state index contributed by atoms with van der Waals surface area (Å²) in [5.41, 5.74) is 0.697. The summed E-state index contributed by atoms with van der Waals surface area (Å²) in [4.78, 5) is 2.49. The number of halogens is 1. The van der Waals surface area contributed by atoms with Gasteiger partial charge in [0.2, 0.25) is 0 Å². The maximum absolute atomic E-state index is 14.0. The SMILES string of the molecule is COc1ccc(C(C)NCCN2CCC(C)CC2)c(F)c1. The van der Waals surface area contributed by atoms with Gasteiger partial charge in [-0.05, 0) is 44.8 Å². The summed E-state index contributed by atoms with van der Waals surface area (Å²) in [7, 11) is 1.55. The van der Waals surface area contributed by atoms with E-state index in [-0.39, 0.29) is 11.9 Å². The summed E-state index contributed by atoms with van der Waals surface area (Å²) in [6, 6.07) is 5.07. The summed E-state index contributed by atoms with van der Waals surface area (Å²) >= 11 is 0. The van der Waals surface area contributed by atoms with Crippen molar-refractivity contribution < 1.29 is 9.13 Å². The van der Waals surface area contributed by atoms with Gasteiger partial charge in [-0.2, -0.15) is 0 Å². The van der Waals surface area contributed by atoms with Crippen molar-refractivity contribution in [3.63, 3.8) is 0 Å². The Morgan fingerprint density at radius 1 is 1.38 bits per heavy atom. The van der Waals surface area contributed by atoms with E-state index < -0.39 is 0 Å². The van der Waals surface area contributed by atoms with E-state index in [0.717, 1.165) is 19.0 Å². The highest BCUT2D eigenvalue weighted by molar-refractivity contribution is 5.30. The van der Waals surface area contributed by atoms with Crippen LogP contribution in [0.5, 0.6) is 5.75 Å². The molecule has 1 aliphatic heterocycles. The summed E-state index contributed by atoms with van der Waals surface area (Å²) in [5, 5.41) is 3.41. The molecule has 1 aromatic rings. The van der Waals surface area contributed by atoms with Crippen LogP contribution >= 0.6 is 0 Å². The Hall–Kier alpha value is -1.13. The van der Waals surface area contributed by atoms with Crippen molar-refractivity contribution in [3.05, 3.63) is 29.6 Å². The number of nitrogens with zero attached hydrogens (tertiary/aromatic N) is 1. The third-order valence-corrected chi connectivity index (χ3v) is 4.43. The molecule has 0 saturated carbocycles. The zero-order chi connectivity index (χ0) is 15.2. The molecule has 0 aliphatic carbocycles. The van der Waals surface area contributed by atoms with Gasteiger partial charge >= 0.3 is 0 Å².